The lowest BCUT2D eigenvalue weighted by Gasteiger charge is -2.05. The highest BCUT2D eigenvalue weighted by Gasteiger charge is 1.96. The molecule has 0 aliphatic rings. The first-order chi connectivity index (χ1) is 11.8. The largest absolute Gasteiger partial charge is 0.508 e. The van der Waals surface area contributed by atoms with Crippen LogP contribution in [0.2, 0.25) is 0 Å². The van der Waals surface area contributed by atoms with Gasteiger partial charge in [-0.05, 0) is 124 Å². The van der Waals surface area contributed by atoms with Gasteiger partial charge in [0.1, 0.15) is 11.5 Å². The lowest BCUT2D eigenvalue weighted by atomic mass is 10.2. The molecular formula is C20H27I3O2. The maximum absolute atomic E-state index is 8.93. The van der Waals surface area contributed by atoms with E-state index in [1.54, 1.807) is 12.1 Å². The molecular weight excluding hydrogens is 653 g/mol. The van der Waals surface area contributed by atoms with Crippen LogP contribution in [0.4, 0.5) is 0 Å². The maximum atomic E-state index is 8.93. The molecule has 0 aliphatic carbocycles. The summed E-state index contributed by atoms with van der Waals surface area (Å²) >= 11 is 6.90. The molecule has 0 saturated heterocycles. The number of phenols is 1. The van der Waals surface area contributed by atoms with E-state index in [9.17, 15) is 0 Å². The summed E-state index contributed by atoms with van der Waals surface area (Å²) in [6.45, 7) is 9.16. The quantitative estimate of drug-likeness (QED) is 0.268. The topological polar surface area (TPSA) is 29.5 Å². The van der Waals surface area contributed by atoms with E-state index in [1.807, 2.05) is 19.1 Å². The molecule has 0 atom stereocenters. The minimum atomic E-state index is 0.341. The average Bonchev–Trinajstić information content (AvgIpc) is 2.60. The first-order valence-electron chi connectivity index (χ1n) is 8.25. The zero-order valence-corrected chi connectivity index (χ0v) is 21.8. The lowest BCUT2D eigenvalue weighted by molar-refractivity contribution is 0.317. The van der Waals surface area contributed by atoms with Gasteiger partial charge in [-0.3, -0.25) is 0 Å². The molecule has 1 N–H and O–H groups in total. The minimum Gasteiger partial charge on any atom is -0.508 e. The van der Waals surface area contributed by atoms with E-state index in [0.717, 1.165) is 24.3 Å². The Morgan fingerprint density at radius 3 is 1.80 bits per heavy atom. The van der Waals surface area contributed by atoms with E-state index < -0.39 is 0 Å². The zero-order chi connectivity index (χ0) is 19.2. The van der Waals surface area contributed by atoms with Crippen molar-refractivity contribution < 1.29 is 9.84 Å². The highest BCUT2D eigenvalue weighted by molar-refractivity contribution is 14.1. The number of hydrogen-bond acceptors (Lipinski definition) is 2. The highest BCUT2D eigenvalue weighted by atomic mass is 127. The van der Waals surface area contributed by atoms with Gasteiger partial charge in [0.05, 0.1) is 6.61 Å². The Morgan fingerprint density at radius 2 is 1.40 bits per heavy atom. The number of phenolic OH excluding ortho intramolecular Hbond substituents is 1. The molecule has 5 heteroatoms. The fourth-order valence-electron chi connectivity index (χ4n) is 1.56. The number of ether oxygens (including phenoxy) is 1. The SMILES string of the molecule is CCCI.CCCOc1ccc(I)c(C)c1.Cc1cc(O)ccc1I. The second kappa shape index (κ2) is 15.3. The van der Waals surface area contributed by atoms with Crippen LogP contribution >= 0.6 is 67.8 Å². The Kier molecular flexibility index (Phi) is 15.4. The van der Waals surface area contributed by atoms with Gasteiger partial charge < -0.3 is 9.84 Å². The van der Waals surface area contributed by atoms with Crippen molar-refractivity contribution in [3.05, 3.63) is 54.7 Å². The zero-order valence-electron chi connectivity index (χ0n) is 15.3. The van der Waals surface area contributed by atoms with Crippen molar-refractivity contribution in [1.82, 2.24) is 0 Å². The van der Waals surface area contributed by atoms with Gasteiger partial charge in [0, 0.05) is 7.14 Å². The molecule has 0 amide bonds. The summed E-state index contributed by atoms with van der Waals surface area (Å²) < 4.78 is 9.25. The highest BCUT2D eigenvalue weighted by Crippen LogP contribution is 2.18. The molecule has 25 heavy (non-hydrogen) atoms. The van der Waals surface area contributed by atoms with Crippen molar-refractivity contribution in [2.45, 2.75) is 40.5 Å². The second-order valence-electron chi connectivity index (χ2n) is 5.38. The van der Waals surface area contributed by atoms with Crippen LogP contribution in [0, 0.1) is 21.0 Å². The van der Waals surface area contributed by atoms with Crippen LogP contribution in [0.3, 0.4) is 0 Å². The number of aromatic hydroxyl groups is 1. The molecule has 0 heterocycles. The van der Waals surface area contributed by atoms with Crippen molar-refractivity contribution in [1.29, 1.82) is 0 Å². The molecule has 0 fully saturated rings. The van der Waals surface area contributed by atoms with Crippen LogP contribution in [-0.4, -0.2) is 16.1 Å². The molecule has 2 nitrogen and oxygen atoms in total. The summed E-state index contributed by atoms with van der Waals surface area (Å²) in [5.74, 6) is 1.32. The fraction of sp³-hybridized carbons (Fsp3) is 0.400. The molecule has 2 aromatic carbocycles. The van der Waals surface area contributed by atoms with Crippen LogP contribution in [0.1, 0.15) is 37.8 Å². The van der Waals surface area contributed by atoms with Gasteiger partial charge in [0.2, 0.25) is 0 Å². The van der Waals surface area contributed by atoms with Crippen LogP contribution in [0.5, 0.6) is 11.5 Å². The predicted molar refractivity (Wildman–Crippen MR) is 134 cm³/mol. The van der Waals surface area contributed by atoms with Crippen LogP contribution in [-0.2, 0) is 0 Å². The average molecular weight is 680 g/mol. The summed E-state index contributed by atoms with van der Waals surface area (Å²) in [4.78, 5) is 0. The van der Waals surface area contributed by atoms with Crippen LogP contribution < -0.4 is 4.74 Å². The van der Waals surface area contributed by atoms with Gasteiger partial charge in [-0.15, -0.1) is 0 Å². The van der Waals surface area contributed by atoms with Crippen LogP contribution in [0.15, 0.2) is 36.4 Å². The Bertz CT molecular complexity index is 614. The standard InChI is InChI=1S/C10H13IO.C7H7IO.C3H7I/c1-3-6-12-9-4-5-10(11)8(2)7-9;1-5-4-6(9)2-3-7(5)8;1-2-3-4/h4-5,7H,3,6H2,1-2H3;2-4,9H,1H3;2-3H2,1H3. The second-order valence-corrected chi connectivity index (χ2v) is 8.79. The van der Waals surface area contributed by atoms with E-state index in [0.29, 0.717) is 5.75 Å². The predicted octanol–water partition coefficient (Wildman–Crippen LogP) is 7.53. The van der Waals surface area contributed by atoms with Crippen molar-refractivity contribution in [2.24, 2.45) is 0 Å². The molecule has 0 aromatic heterocycles. The van der Waals surface area contributed by atoms with Crippen molar-refractivity contribution in [3.8, 4) is 11.5 Å². The third-order valence-corrected chi connectivity index (χ3v) is 6.43. The lowest BCUT2D eigenvalue weighted by Crippen LogP contribution is -1.95. The number of halogens is 3. The number of rotatable bonds is 4. The summed E-state index contributed by atoms with van der Waals surface area (Å²) in [6.07, 6.45) is 2.37. The minimum absolute atomic E-state index is 0.341. The van der Waals surface area contributed by atoms with E-state index in [-0.39, 0.29) is 0 Å². The molecule has 0 aliphatic heterocycles. The van der Waals surface area contributed by atoms with Gasteiger partial charge >= 0.3 is 0 Å². The van der Waals surface area contributed by atoms with Gasteiger partial charge in [-0.2, -0.15) is 0 Å². The normalized spacial score (nSPS) is 9.40. The van der Waals surface area contributed by atoms with Crippen molar-refractivity contribution in [2.75, 3.05) is 11.0 Å². The van der Waals surface area contributed by atoms with Crippen molar-refractivity contribution >= 4 is 67.8 Å². The fourth-order valence-corrected chi connectivity index (χ4v) is 2.23. The summed E-state index contributed by atoms with van der Waals surface area (Å²) in [5, 5.41) is 8.93. The molecule has 0 spiro atoms. The maximum Gasteiger partial charge on any atom is 0.119 e. The number of hydrogen-bond donors (Lipinski definition) is 1. The van der Waals surface area contributed by atoms with Crippen molar-refractivity contribution in [3.63, 3.8) is 0 Å². The Balaban J connectivity index is 0.000000391. The monoisotopic (exact) mass is 680 g/mol. The van der Waals surface area contributed by atoms with E-state index in [4.69, 9.17) is 9.84 Å². The summed E-state index contributed by atoms with van der Waals surface area (Å²) in [7, 11) is 0. The third-order valence-electron chi connectivity index (χ3n) is 2.93. The Labute approximate surface area is 193 Å². The number of benzene rings is 2. The van der Waals surface area contributed by atoms with Gasteiger partial charge in [-0.1, -0.05) is 36.4 Å². The first kappa shape index (κ1) is 25.2. The van der Waals surface area contributed by atoms with E-state index in [2.05, 4.69) is 101 Å². The molecule has 0 bridgehead atoms. The molecule has 140 valence electrons. The smallest absolute Gasteiger partial charge is 0.119 e. The van der Waals surface area contributed by atoms with Crippen LogP contribution in [0.25, 0.3) is 0 Å². The Morgan fingerprint density at radius 1 is 0.880 bits per heavy atom. The van der Waals surface area contributed by atoms with E-state index >= 15 is 0 Å². The first-order valence-corrected chi connectivity index (χ1v) is 11.9. The number of alkyl halides is 1. The molecule has 2 rings (SSSR count). The van der Waals surface area contributed by atoms with Gasteiger partial charge in [0.25, 0.3) is 0 Å². The van der Waals surface area contributed by atoms with Gasteiger partial charge in [-0.25, -0.2) is 0 Å². The third kappa shape index (κ3) is 12.3. The summed E-state index contributed by atoms with van der Waals surface area (Å²) in [5.41, 5.74) is 2.40. The molecule has 0 radical (unpaired) electrons. The molecule has 0 unspecified atom stereocenters. The van der Waals surface area contributed by atoms with Gasteiger partial charge in [0.15, 0.2) is 0 Å². The molecule has 2 aromatic rings. The number of aryl methyl sites for hydroxylation is 2. The molecule has 0 saturated carbocycles. The van der Waals surface area contributed by atoms with E-state index in [1.165, 1.54) is 23.6 Å². The Hall–Kier alpha value is 0.230. The summed E-state index contributed by atoms with van der Waals surface area (Å²) in [6, 6.07) is 11.5.